The summed E-state index contributed by atoms with van der Waals surface area (Å²) in [4.78, 5) is 25.6. The molecule has 0 bridgehead atoms. The number of aromatic nitrogens is 4. The summed E-state index contributed by atoms with van der Waals surface area (Å²) in [6.45, 7) is 11.6. The lowest BCUT2D eigenvalue weighted by Gasteiger charge is -2.42. The number of carbonyl (C=O) groups excluding carboxylic acids is 1. The van der Waals surface area contributed by atoms with E-state index in [4.69, 9.17) is 0 Å². The van der Waals surface area contributed by atoms with Crippen LogP contribution in [0.2, 0.25) is 0 Å². The molecule has 3 aromatic heterocycles. The maximum absolute atomic E-state index is 15.4. The third-order valence-electron chi connectivity index (χ3n) is 10.5. The monoisotopic (exact) mass is 712 g/mol. The van der Waals surface area contributed by atoms with Gasteiger partial charge in [0.25, 0.3) is 5.91 Å². The van der Waals surface area contributed by atoms with Crippen LogP contribution in [0.25, 0.3) is 5.65 Å². The molecule has 1 amide bonds. The minimum atomic E-state index is -0.793. The lowest BCUT2D eigenvalue weighted by atomic mass is 9.85. The largest absolute Gasteiger partial charge is 0.371 e. The summed E-state index contributed by atoms with van der Waals surface area (Å²) >= 11 is 0. The smallest absolute Gasteiger partial charge is 0.258 e. The topological polar surface area (TPSA) is 110 Å². The van der Waals surface area contributed by atoms with Gasteiger partial charge in [-0.25, -0.2) is 9.37 Å². The van der Waals surface area contributed by atoms with Crippen molar-refractivity contribution in [2.75, 3.05) is 61.8 Å². The van der Waals surface area contributed by atoms with Crippen molar-refractivity contribution in [2.45, 2.75) is 45.1 Å². The first-order valence-corrected chi connectivity index (χ1v) is 18.1. The van der Waals surface area contributed by atoms with Gasteiger partial charge in [0, 0.05) is 81.7 Å². The first-order valence-electron chi connectivity index (χ1n) is 18.1. The zero-order valence-corrected chi connectivity index (χ0v) is 30.9. The molecule has 2 aliphatic rings. The second-order valence-corrected chi connectivity index (χ2v) is 14.7. The number of pyridine rings is 1. The van der Waals surface area contributed by atoms with Crippen molar-refractivity contribution >= 4 is 34.3 Å². The van der Waals surface area contributed by atoms with Gasteiger partial charge in [0.15, 0.2) is 5.65 Å². The van der Waals surface area contributed by atoms with Gasteiger partial charge in [0.2, 0.25) is 0 Å². The molecule has 272 valence electrons. The fourth-order valence-electron chi connectivity index (χ4n) is 7.12. The van der Waals surface area contributed by atoms with E-state index in [0.29, 0.717) is 34.2 Å². The van der Waals surface area contributed by atoms with Crippen LogP contribution in [-0.2, 0) is 12.5 Å². The average Bonchev–Trinajstić information content (AvgIpc) is 3.77. The number of likely N-dealkylation sites (N-methyl/N-ethyl adjacent to an activating group) is 1. The molecule has 53 heavy (non-hydrogen) atoms. The number of benzene rings is 2. The maximum Gasteiger partial charge on any atom is 0.258 e. The van der Waals surface area contributed by atoms with E-state index in [1.807, 2.05) is 68.0 Å². The van der Waals surface area contributed by atoms with Crippen molar-refractivity contribution in [1.82, 2.24) is 29.0 Å². The second-order valence-electron chi connectivity index (χ2n) is 14.7. The zero-order chi connectivity index (χ0) is 37.3. The number of nitrogens with zero attached hydrogens (tertiary/aromatic N) is 8. The Morgan fingerprint density at radius 2 is 1.75 bits per heavy atom. The van der Waals surface area contributed by atoms with Crippen molar-refractivity contribution in [3.05, 3.63) is 101 Å². The minimum absolute atomic E-state index is 0.111. The summed E-state index contributed by atoms with van der Waals surface area (Å²) in [5, 5.41) is 20.5. The van der Waals surface area contributed by atoms with Crippen molar-refractivity contribution in [3.8, 4) is 17.9 Å². The highest BCUT2D eigenvalue weighted by atomic mass is 19.1. The summed E-state index contributed by atoms with van der Waals surface area (Å²) in [6.07, 6.45) is 9.27. The first-order chi connectivity index (χ1) is 25.5. The number of imidazole rings is 1. The van der Waals surface area contributed by atoms with Crippen LogP contribution in [-0.4, -0.2) is 87.2 Å². The van der Waals surface area contributed by atoms with Gasteiger partial charge in [0.1, 0.15) is 11.5 Å². The molecule has 2 N–H and O–H groups in total. The van der Waals surface area contributed by atoms with Crippen molar-refractivity contribution in [1.29, 1.82) is 5.26 Å². The average molecular weight is 713 g/mol. The first kappa shape index (κ1) is 35.7. The van der Waals surface area contributed by atoms with E-state index in [9.17, 15) is 10.1 Å². The Morgan fingerprint density at radius 1 is 0.981 bits per heavy atom. The number of aryl methyl sites for hydroxylation is 2. The van der Waals surface area contributed by atoms with Gasteiger partial charge in [-0.05, 0) is 100 Å². The van der Waals surface area contributed by atoms with Crippen molar-refractivity contribution < 1.29 is 9.18 Å². The van der Waals surface area contributed by atoms with E-state index in [1.165, 1.54) is 12.1 Å². The number of nitrogens with one attached hydrogen (secondary N) is 2. The Kier molecular flexibility index (Phi) is 9.93. The van der Waals surface area contributed by atoms with Gasteiger partial charge in [-0.15, -0.1) is 0 Å². The Morgan fingerprint density at radius 3 is 2.47 bits per heavy atom. The molecule has 7 rings (SSSR count). The van der Waals surface area contributed by atoms with Gasteiger partial charge < -0.3 is 20.4 Å². The molecule has 12 heteroatoms. The number of nitriles is 1. The van der Waals surface area contributed by atoms with Crippen LogP contribution in [0.4, 0.5) is 27.1 Å². The number of amides is 1. The summed E-state index contributed by atoms with van der Waals surface area (Å²) in [5.74, 6) is 5.09. The molecule has 2 aliphatic heterocycles. The van der Waals surface area contributed by atoms with E-state index in [-0.39, 0.29) is 5.56 Å². The minimum Gasteiger partial charge on any atom is -0.371 e. The van der Waals surface area contributed by atoms with Crippen LogP contribution >= 0.6 is 0 Å². The van der Waals surface area contributed by atoms with Gasteiger partial charge in [-0.1, -0.05) is 5.92 Å². The van der Waals surface area contributed by atoms with Crippen LogP contribution in [0.3, 0.4) is 0 Å². The van der Waals surface area contributed by atoms with Gasteiger partial charge in [-0.2, -0.15) is 10.4 Å². The molecular formula is C41H45FN10O. The van der Waals surface area contributed by atoms with Crippen LogP contribution in [0.1, 0.15) is 59.4 Å². The van der Waals surface area contributed by atoms with E-state index in [0.717, 1.165) is 74.7 Å². The molecule has 5 aromatic rings. The summed E-state index contributed by atoms with van der Waals surface area (Å²) in [6, 6.07) is 15.4. The number of anilines is 4. The fraction of sp³-hybridized carbons (Fsp3) is 0.366. The zero-order valence-electron chi connectivity index (χ0n) is 30.9. The van der Waals surface area contributed by atoms with Crippen LogP contribution in [0.5, 0.6) is 0 Å². The molecule has 11 nitrogen and oxygen atoms in total. The van der Waals surface area contributed by atoms with Crippen LogP contribution in [0, 0.1) is 35.9 Å². The molecule has 0 spiro atoms. The number of carbonyl (C=O) groups is 1. The Bertz CT molecular complexity index is 2260. The van der Waals surface area contributed by atoms with Crippen LogP contribution < -0.4 is 15.5 Å². The van der Waals surface area contributed by atoms with Crippen molar-refractivity contribution in [2.24, 2.45) is 7.05 Å². The van der Waals surface area contributed by atoms with E-state index < -0.39 is 17.1 Å². The third-order valence-corrected chi connectivity index (χ3v) is 10.5. The molecule has 0 aliphatic carbocycles. The highest BCUT2D eigenvalue weighted by Crippen LogP contribution is 2.33. The number of hydrogen-bond acceptors (Lipinski definition) is 8. The summed E-state index contributed by atoms with van der Waals surface area (Å²) in [5.41, 5.74) is 5.45. The lowest BCUT2D eigenvalue weighted by Crippen LogP contribution is -2.52. The predicted octanol–water partition coefficient (Wildman–Crippen LogP) is 5.93. The number of piperidine rings is 1. The van der Waals surface area contributed by atoms with E-state index >= 15 is 4.39 Å². The molecule has 0 saturated carbocycles. The molecule has 0 unspecified atom stereocenters. The second kappa shape index (κ2) is 14.7. The van der Waals surface area contributed by atoms with E-state index in [2.05, 4.69) is 60.4 Å². The number of fused-ring (bicyclic) bond motifs is 1. The molecule has 0 atom stereocenters. The highest BCUT2D eigenvalue weighted by molar-refractivity contribution is 6.05. The van der Waals surface area contributed by atoms with Gasteiger partial charge >= 0.3 is 0 Å². The molecule has 2 aromatic carbocycles. The predicted molar refractivity (Wildman–Crippen MR) is 206 cm³/mol. The Hall–Kier alpha value is -5.69. The molecule has 5 heterocycles. The number of hydrogen-bond donors (Lipinski definition) is 2. The van der Waals surface area contributed by atoms with Crippen LogP contribution in [0.15, 0.2) is 67.3 Å². The Balaban J connectivity index is 1.11. The Labute approximate surface area is 310 Å². The molecular weight excluding hydrogens is 668 g/mol. The maximum atomic E-state index is 15.4. The van der Waals surface area contributed by atoms with Gasteiger partial charge in [-0.3, -0.25) is 18.8 Å². The number of halogens is 1. The summed E-state index contributed by atoms with van der Waals surface area (Å²) < 4.78 is 19.0. The van der Waals surface area contributed by atoms with Gasteiger partial charge in [0.05, 0.1) is 40.8 Å². The fourth-order valence-corrected chi connectivity index (χ4v) is 7.12. The van der Waals surface area contributed by atoms with Crippen molar-refractivity contribution in [3.63, 3.8) is 0 Å². The number of piperazine rings is 1. The molecule has 0 radical (unpaired) electrons. The standard InChI is InChI=1S/C41H45FN10O/c1-28-19-37(42)36(20-29(28)8-9-34-25-44-39-38(7-6-12-52(34)39)46-32-24-45-49(5)26-32)40(53)47-31-21-30(41(2,3)27-43)22-35(23-31)50-13-10-33(11-14-50)51-17-15-48(4)16-18-51/h6-7,12,19-26,33,46H,10-11,13-18H2,1-5H3,(H,47,53). The normalized spacial score (nSPS) is 15.9. The van der Waals surface area contributed by atoms with E-state index in [1.54, 1.807) is 24.0 Å². The third kappa shape index (κ3) is 7.75. The highest BCUT2D eigenvalue weighted by Gasteiger charge is 2.29. The lowest BCUT2D eigenvalue weighted by molar-refractivity contribution is 0.0982. The quantitative estimate of drug-likeness (QED) is 0.200. The molecule has 2 saturated heterocycles. The molecule has 2 fully saturated rings. The summed E-state index contributed by atoms with van der Waals surface area (Å²) in [7, 11) is 4.03. The SMILES string of the molecule is Cc1cc(F)c(C(=O)Nc2cc(N3CCC(N4CCN(C)CC4)CC3)cc(C(C)(C)C#N)c2)cc1C#Cc1cnc2c(Nc3cnn(C)c3)cccn12. The number of rotatable bonds is 7.